The topological polar surface area (TPSA) is 83.6 Å². The molecule has 1 fully saturated rings. The van der Waals surface area contributed by atoms with Crippen molar-refractivity contribution >= 4 is 45.5 Å². The lowest BCUT2D eigenvalue weighted by molar-refractivity contribution is -0.121. The van der Waals surface area contributed by atoms with E-state index in [1.165, 1.54) is 11.3 Å². The molecule has 3 aromatic rings. The van der Waals surface area contributed by atoms with Gasteiger partial charge in [0.15, 0.2) is 5.78 Å². The van der Waals surface area contributed by atoms with Crippen LogP contribution in [0.3, 0.4) is 0 Å². The van der Waals surface area contributed by atoms with E-state index in [4.69, 9.17) is 0 Å². The summed E-state index contributed by atoms with van der Waals surface area (Å²) in [5, 5.41) is 3.53. The molecule has 3 amide bonds. The van der Waals surface area contributed by atoms with Crippen molar-refractivity contribution in [1.29, 1.82) is 0 Å². The van der Waals surface area contributed by atoms with Crippen LogP contribution in [0.1, 0.15) is 62.4 Å². The molecule has 0 saturated carbocycles. The molecule has 1 saturated heterocycles. The minimum Gasteiger partial charge on any atom is -0.313 e. The Morgan fingerprint density at radius 2 is 1.45 bits per heavy atom. The van der Waals surface area contributed by atoms with Crippen LogP contribution in [0.15, 0.2) is 54.6 Å². The summed E-state index contributed by atoms with van der Waals surface area (Å²) in [7, 11) is 0. The van der Waals surface area contributed by atoms with Crippen molar-refractivity contribution in [3.63, 3.8) is 0 Å². The minimum absolute atomic E-state index is 0.0771. The van der Waals surface area contributed by atoms with E-state index >= 15 is 0 Å². The molecule has 0 atom stereocenters. The number of imide groups is 1. The third-order valence-corrected chi connectivity index (χ3v) is 7.31. The Morgan fingerprint density at radius 1 is 0.788 bits per heavy atom. The fourth-order valence-electron chi connectivity index (χ4n) is 4.43. The number of ketones is 1. The number of carbonyl (C=O) groups is 4. The molecule has 166 valence electrons. The Balaban J connectivity index is 1.43. The van der Waals surface area contributed by atoms with Crippen molar-refractivity contribution in [2.45, 2.75) is 38.5 Å². The second-order valence-corrected chi connectivity index (χ2v) is 9.34. The molecule has 6 nitrogen and oxygen atoms in total. The number of thiophene rings is 1. The number of carbonyl (C=O) groups excluding carboxylic acids is 4. The highest BCUT2D eigenvalue weighted by molar-refractivity contribution is 7.17. The van der Waals surface area contributed by atoms with Gasteiger partial charge in [-0.1, -0.05) is 30.3 Å². The van der Waals surface area contributed by atoms with Gasteiger partial charge in [-0.3, -0.25) is 24.1 Å². The van der Waals surface area contributed by atoms with Crippen LogP contribution in [-0.4, -0.2) is 23.5 Å². The van der Waals surface area contributed by atoms with Gasteiger partial charge in [0.05, 0.1) is 11.3 Å². The molecule has 0 bridgehead atoms. The third kappa shape index (κ3) is 4.00. The maximum Gasteiger partial charge on any atom is 0.256 e. The quantitative estimate of drug-likeness (QED) is 0.441. The summed E-state index contributed by atoms with van der Waals surface area (Å²) < 4.78 is 0. The van der Waals surface area contributed by atoms with Crippen molar-refractivity contribution in [2.75, 3.05) is 10.2 Å². The van der Waals surface area contributed by atoms with Crippen molar-refractivity contribution in [3.8, 4) is 0 Å². The first-order valence-corrected chi connectivity index (χ1v) is 11.9. The van der Waals surface area contributed by atoms with Gasteiger partial charge < -0.3 is 5.32 Å². The molecule has 1 N–H and O–H groups in total. The SMILES string of the molecule is O=C(Nc1sc2c(c1C(=O)c1ccccc1)CCCC2)c1ccc(N2C(=O)CCC2=O)cc1. The zero-order chi connectivity index (χ0) is 22.9. The number of amides is 3. The van der Waals surface area contributed by atoms with Gasteiger partial charge in [0.25, 0.3) is 5.91 Å². The summed E-state index contributed by atoms with van der Waals surface area (Å²) >= 11 is 1.48. The minimum atomic E-state index is -0.332. The number of rotatable bonds is 5. The molecule has 2 aromatic carbocycles. The highest BCUT2D eigenvalue weighted by Gasteiger charge is 2.30. The molecular formula is C26H22N2O4S. The standard InChI is InChI=1S/C26H22N2O4S/c29-21-14-15-22(30)28(21)18-12-10-17(11-13-18)25(32)27-26-23(19-8-4-5-9-20(19)33-26)24(31)16-6-2-1-3-7-16/h1-3,6-7,10-13H,4-5,8-9,14-15H2,(H,27,32). The highest BCUT2D eigenvalue weighted by Crippen LogP contribution is 2.39. The number of benzene rings is 2. The Bertz CT molecular complexity index is 1250. The smallest absolute Gasteiger partial charge is 0.256 e. The number of anilines is 2. The van der Waals surface area contributed by atoms with Gasteiger partial charge in [0, 0.05) is 28.8 Å². The molecule has 0 radical (unpaired) electrons. The third-order valence-electron chi connectivity index (χ3n) is 6.10. The second-order valence-electron chi connectivity index (χ2n) is 8.23. The first kappa shape index (κ1) is 21.3. The monoisotopic (exact) mass is 458 g/mol. The average Bonchev–Trinajstić information content (AvgIpc) is 3.38. The predicted octanol–water partition coefficient (Wildman–Crippen LogP) is 4.76. The van der Waals surface area contributed by atoms with Crippen molar-refractivity contribution in [3.05, 3.63) is 81.7 Å². The van der Waals surface area contributed by atoms with Gasteiger partial charge in [-0.15, -0.1) is 11.3 Å². The maximum atomic E-state index is 13.4. The Labute approximate surface area is 195 Å². The van der Waals surface area contributed by atoms with Crippen LogP contribution < -0.4 is 10.2 Å². The molecule has 1 aliphatic heterocycles. The van der Waals surface area contributed by atoms with Crippen LogP contribution in [0, 0.1) is 0 Å². The van der Waals surface area contributed by atoms with Crippen LogP contribution in [0.25, 0.3) is 0 Å². The van der Waals surface area contributed by atoms with Crippen molar-refractivity contribution in [1.82, 2.24) is 0 Å². The molecule has 1 aromatic heterocycles. The molecule has 2 heterocycles. The molecule has 0 unspecified atom stereocenters. The molecule has 33 heavy (non-hydrogen) atoms. The van der Waals surface area contributed by atoms with Gasteiger partial charge >= 0.3 is 0 Å². The Hall–Kier alpha value is -3.58. The summed E-state index contributed by atoms with van der Waals surface area (Å²) in [5.41, 5.74) is 3.10. The van der Waals surface area contributed by atoms with Crippen LogP contribution in [0.5, 0.6) is 0 Å². The molecule has 5 rings (SSSR count). The van der Waals surface area contributed by atoms with Crippen LogP contribution in [-0.2, 0) is 22.4 Å². The molecular weight excluding hydrogens is 436 g/mol. The highest BCUT2D eigenvalue weighted by atomic mass is 32.1. The Kier molecular flexibility index (Phi) is 5.64. The van der Waals surface area contributed by atoms with E-state index in [0.717, 1.165) is 41.0 Å². The van der Waals surface area contributed by atoms with E-state index < -0.39 is 0 Å². The van der Waals surface area contributed by atoms with E-state index in [-0.39, 0.29) is 36.3 Å². The lowest BCUT2D eigenvalue weighted by Gasteiger charge is -2.14. The van der Waals surface area contributed by atoms with E-state index in [2.05, 4.69) is 5.32 Å². The van der Waals surface area contributed by atoms with Gasteiger partial charge in [-0.2, -0.15) is 0 Å². The van der Waals surface area contributed by atoms with E-state index in [1.807, 2.05) is 18.2 Å². The molecule has 7 heteroatoms. The largest absolute Gasteiger partial charge is 0.313 e. The first-order chi connectivity index (χ1) is 16.0. The summed E-state index contributed by atoms with van der Waals surface area (Å²) in [6.45, 7) is 0. The van der Waals surface area contributed by atoms with Crippen LogP contribution in [0.2, 0.25) is 0 Å². The van der Waals surface area contributed by atoms with E-state index in [9.17, 15) is 19.2 Å². The molecule has 1 aliphatic carbocycles. The van der Waals surface area contributed by atoms with Crippen molar-refractivity contribution < 1.29 is 19.2 Å². The second kappa shape index (κ2) is 8.75. The number of nitrogens with one attached hydrogen (secondary N) is 1. The fourth-order valence-corrected chi connectivity index (χ4v) is 5.71. The number of hydrogen-bond donors (Lipinski definition) is 1. The first-order valence-electron chi connectivity index (χ1n) is 11.0. The molecule has 2 aliphatic rings. The molecule has 0 spiro atoms. The zero-order valence-corrected chi connectivity index (χ0v) is 18.7. The maximum absolute atomic E-state index is 13.4. The summed E-state index contributed by atoms with van der Waals surface area (Å²) in [6, 6.07) is 15.5. The fraction of sp³-hybridized carbons (Fsp3) is 0.231. The van der Waals surface area contributed by atoms with E-state index in [0.29, 0.717) is 27.4 Å². The summed E-state index contributed by atoms with van der Waals surface area (Å²) in [6.07, 6.45) is 4.28. The summed E-state index contributed by atoms with van der Waals surface area (Å²) in [5.74, 6) is -0.871. The van der Waals surface area contributed by atoms with Gasteiger partial charge in [-0.05, 0) is 55.5 Å². The number of aryl methyl sites for hydroxylation is 1. The number of nitrogens with zero attached hydrogens (tertiary/aromatic N) is 1. The van der Waals surface area contributed by atoms with Gasteiger partial charge in [0.1, 0.15) is 5.00 Å². The lowest BCUT2D eigenvalue weighted by Crippen LogP contribution is -2.28. The number of fused-ring (bicyclic) bond motifs is 1. The van der Waals surface area contributed by atoms with Crippen LogP contribution >= 0.6 is 11.3 Å². The zero-order valence-electron chi connectivity index (χ0n) is 17.9. The average molecular weight is 459 g/mol. The van der Waals surface area contributed by atoms with Crippen LogP contribution in [0.4, 0.5) is 10.7 Å². The van der Waals surface area contributed by atoms with Crippen molar-refractivity contribution in [2.24, 2.45) is 0 Å². The predicted molar refractivity (Wildman–Crippen MR) is 127 cm³/mol. The summed E-state index contributed by atoms with van der Waals surface area (Å²) in [4.78, 5) is 52.6. The Morgan fingerprint density at radius 3 is 2.15 bits per heavy atom. The lowest BCUT2D eigenvalue weighted by atomic mass is 9.92. The van der Waals surface area contributed by atoms with Gasteiger partial charge in [0.2, 0.25) is 11.8 Å². The van der Waals surface area contributed by atoms with Gasteiger partial charge in [-0.25, -0.2) is 0 Å². The number of hydrogen-bond acceptors (Lipinski definition) is 5. The van der Waals surface area contributed by atoms with E-state index in [1.54, 1.807) is 36.4 Å². The normalized spacial score (nSPS) is 15.5.